The summed E-state index contributed by atoms with van der Waals surface area (Å²) in [6.45, 7) is 1.33. The van der Waals surface area contributed by atoms with Gasteiger partial charge in [-0.3, -0.25) is 4.79 Å². The van der Waals surface area contributed by atoms with Crippen LogP contribution in [0.15, 0.2) is 42.5 Å². The smallest absolute Gasteiger partial charge is 0.231 e. The first kappa shape index (κ1) is 17.0. The number of benzene rings is 2. The van der Waals surface area contributed by atoms with E-state index in [0.29, 0.717) is 19.5 Å². The van der Waals surface area contributed by atoms with E-state index in [0.717, 1.165) is 28.4 Å². The van der Waals surface area contributed by atoms with Gasteiger partial charge in [0.2, 0.25) is 12.7 Å². The molecule has 1 aliphatic heterocycles. The summed E-state index contributed by atoms with van der Waals surface area (Å²) in [5.74, 6) is 1.49. The number of nitrogens with zero attached hydrogens (tertiary/aromatic N) is 1. The minimum Gasteiger partial charge on any atom is -0.454 e. The zero-order valence-corrected chi connectivity index (χ0v) is 14.5. The number of anilines is 2. The quantitative estimate of drug-likeness (QED) is 0.810. The highest BCUT2D eigenvalue weighted by Crippen LogP contribution is 2.32. The van der Waals surface area contributed by atoms with Crippen LogP contribution in [0.4, 0.5) is 11.4 Å². The van der Waals surface area contributed by atoms with Gasteiger partial charge in [0.15, 0.2) is 11.5 Å². The highest BCUT2D eigenvalue weighted by Gasteiger charge is 2.13. The molecule has 6 nitrogen and oxygen atoms in total. The molecule has 2 aromatic carbocycles. The number of hydrogen-bond donors (Lipinski definition) is 2. The Morgan fingerprint density at radius 1 is 1.08 bits per heavy atom. The van der Waals surface area contributed by atoms with Gasteiger partial charge in [0.25, 0.3) is 0 Å². The van der Waals surface area contributed by atoms with Gasteiger partial charge < -0.3 is 25.0 Å². The molecule has 6 heteroatoms. The topological polar surface area (TPSA) is 62.8 Å². The van der Waals surface area contributed by atoms with Gasteiger partial charge in [-0.05, 0) is 42.0 Å². The third-order valence-corrected chi connectivity index (χ3v) is 3.99. The summed E-state index contributed by atoms with van der Waals surface area (Å²) in [5.41, 5.74) is 3.14. The third kappa shape index (κ3) is 4.56. The van der Waals surface area contributed by atoms with Gasteiger partial charge in [-0.15, -0.1) is 0 Å². The van der Waals surface area contributed by atoms with E-state index in [-0.39, 0.29) is 12.7 Å². The Bertz CT molecular complexity index is 729. The van der Waals surface area contributed by atoms with E-state index < -0.39 is 0 Å². The maximum atomic E-state index is 12.0. The van der Waals surface area contributed by atoms with Crippen LogP contribution in [0.5, 0.6) is 11.5 Å². The molecule has 0 radical (unpaired) electrons. The Hall–Kier alpha value is -2.89. The first-order valence-corrected chi connectivity index (χ1v) is 8.28. The van der Waals surface area contributed by atoms with Crippen molar-refractivity contribution in [3.05, 3.63) is 48.0 Å². The predicted molar refractivity (Wildman–Crippen MR) is 98.3 cm³/mol. The number of hydrogen-bond acceptors (Lipinski definition) is 5. The standard InChI is InChI=1S/C19H23N3O3/c1-22(2)16-6-4-15(5-7-16)20-10-9-19(23)21-12-14-3-8-17-18(11-14)25-13-24-17/h3-8,11,20H,9-10,12-13H2,1-2H3,(H,21,23). The molecule has 1 heterocycles. The van der Waals surface area contributed by atoms with Crippen molar-refractivity contribution in [3.8, 4) is 11.5 Å². The van der Waals surface area contributed by atoms with Crippen molar-refractivity contribution in [1.29, 1.82) is 0 Å². The fraction of sp³-hybridized carbons (Fsp3) is 0.316. The van der Waals surface area contributed by atoms with Crippen LogP contribution in [0.1, 0.15) is 12.0 Å². The molecule has 2 N–H and O–H groups in total. The molecule has 132 valence electrons. The van der Waals surface area contributed by atoms with Crippen molar-refractivity contribution in [2.24, 2.45) is 0 Å². The lowest BCUT2D eigenvalue weighted by Gasteiger charge is -2.13. The lowest BCUT2D eigenvalue weighted by Crippen LogP contribution is -2.24. The fourth-order valence-electron chi connectivity index (χ4n) is 2.54. The van der Waals surface area contributed by atoms with E-state index in [4.69, 9.17) is 9.47 Å². The molecule has 0 bridgehead atoms. The SMILES string of the molecule is CN(C)c1ccc(NCCC(=O)NCc2ccc3c(c2)OCO3)cc1. The summed E-state index contributed by atoms with van der Waals surface area (Å²) < 4.78 is 10.6. The molecule has 0 aliphatic carbocycles. The first-order chi connectivity index (χ1) is 12.1. The molecule has 0 saturated carbocycles. The molecule has 0 unspecified atom stereocenters. The van der Waals surface area contributed by atoms with Gasteiger partial charge >= 0.3 is 0 Å². The molecule has 3 rings (SSSR count). The summed E-state index contributed by atoms with van der Waals surface area (Å²) in [6, 6.07) is 13.8. The maximum Gasteiger partial charge on any atom is 0.231 e. The summed E-state index contributed by atoms with van der Waals surface area (Å²) in [6.07, 6.45) is 0.417. The Morgan fingerprint density at radius 2 is 1.84 bits per heavy atom. The van der Waals surface area contributed by atoms with Gasteiger partial charge in [-0.1, -0.05) is 6.07 Å². The van der Waals surface area contributed by atoms with Gasteiger partial charge in [-0.25, -0.2) is 0 Å². The number of carbonyl (C=O) groups is 1. The van der Waals surface area contributed by atoms with Crippen molar-refractivity contribution >= 4 is 17.3 Å². The second-order valence-corrected chi connectivity index (χ2v) is 6.08. The molecular weight excluding hydrogens is 318 g/mol. The average molecular weight is 341 g/mol. The zero-order valence-electron chi connectivity index (χ0n) is 14.5. The average Bonchev–Trinajstić information content (AvgIpc) is 3.08. The Labute approximate surface area is 147 Å². The normalized spacial score (nSPS) is 11.9. The summed E-state index contributed by atoms with van der Waals surface area (Å²) in [4.78, 5) is 14.0. The number of ether oxygens (including phenoxy) is 2. The van der Waals surface area contributed by atoms with E-state index in [9.17, 15) is 4.79 Å². The molecule has 0 spiro atoms. The van der Waals surface area contributed by atoms with E-state index in [2.05, 4.69) is 10.6 Å². The number of carbonyl (C=O) groups excluding carboxylic acids is 1. The molecular formula is C19H23N3O3. The van der Waals surface area contributed by atoms with Crippen molar-refractivity contribution in [2.45, 2.75) is 13.0 Å². The second kappa shape index (κ2) is 7.79. The minimum absolute atomic E-state index is 0.00933. The minimum atomic E-state index is 0.00933. The Morgan fingerprint density at radius 3 is 2.60 bits per heavy atom. The molecule has 25 heavy (non-hydrogen) atoms. The molecule has 0 atom stereocenters. The van der Waals surface area contributed by atoms with E-state index >= 15 is 0 Å². The van der Waals surface area contributed by atoms with Crippen LogP contribution in [0.2, 0.25) is 0 Å². The number of amides is 1. The van der Waals surface area contributed by atoms with Crippen LogP contribution in [-0.4, -0.2) is 33.3 Å². The fourth-order valence-corrected chi connectivity index (χ4v) is 2.54. The van der Waals surface area contributed by atoms with Crippen LogP contribution in [0.3, 0.4) is 0 Å². The molecule has 1 aliphatic rings. The first-order valence-electron chi connectivity index (χ1n) is 8.28. The van der Waals surface area contributed by atoms with Gasteiger partial charge in [0.05, 0.1) is 0 Å². The maximum absolute atomic E-state index is 12.0. The summed E-state index contributed by atoms with van der Waals surface area (Å²) in [7, 11) is 4.01. The van der Waals surface area contributed by atoms with Crippen molar-refractivity contribution < 1.29 is 14.3 Å². The van der Waals surface area contributed by atoms with Gasteiger partial charge in [0, 0.05) is 45.0 Å². The van der Waals surface area contributed by atoms with Crippen LogP contribution in [-0.2, 0) is 11.3 Å². The predicted octanol–water partition coefficient (Wildman–Crippen LogP) is 2.60. The molecule has 2 aromatic rings. The molecule has 1 amide bonds. The largest absolute Gasteiger partial charge is 0.454 e. The van der Waals surface area contributed by atoms with Crippen LogP contribution in [0, 0.1) is 0 Å². The third-order valence-electron chi connectivity index (χ3n) is 3.99. The number of rotatable bonds is 7. The van der Waals surface area contributed by atoms with Crippen LogP contribution >= 0.6 is 0 Å². The highest BCUT2D eigenvalue weighted by atomic mass is 16.7. The lowest BCUT2D eigenvalue weighted by atomic mass is 10.2. The molecule has 0 fully saturated rings. The number of fused-ring (bicyclic) bond motifs is 1. The van der Waals surface area contributed by atoms with Gasteiger partial charge in [-0.2, -0.15) is 0 Å². The number of nitrogens with one attached hydrogen (secondary N) is 2. The lowest BCUT2D eigenvalue weighted by molar-refractivity contribution is -0.121. The van der Waals surface area contributed by atoms with E-state index in [1.165, 1.54) is 0 Å². The monoisotopic (exact) mass is 341 g/mol. The summed E-state index contributed by atoms with van der Waals surface area (Å²) >= 11 is 0. The van der Waals surface area contributed by atoms with Crippen molar-refractivity contribution in [1.82, 2.24) is 5.32 Å². The van der Waals surface area contributed by atoms with Crippen LogP contribution < -0.4 is 25.0 Å². The van der Waals surface area contributed by atoms with Crippen molar-refractivity contribution in [3.63, 3.8) is 0 Å². The molecule has 0 saturated heterocycles. The Kier molecular flexibility index (Phi) is 5.28. The van der Waals surface area contributed by atoms with E-state index in [1.807, 2.05) is 61.5 Å². The van der Waals surface area contributed by atoms with E-state index in [1.54, 1.807) is 0 Å². The zero-order chi connectivity index (χ0) is 17.6. The van der Waals surface area contributed by atoms with Gasteiger partial charge in [0.1, 0.15) is 0 Å². The molecule has 0 aromatic heterocycles. The second-order valence-electron chi connectivity index (χ2n) is 6.08. The van der Waals surface area contributed by atoms with Crippen LogP contribution in [0.25, 0.3) is 0 Å². The summed E-state index contributed by atoms with van der Waals surface area (Å²) in [5, 5.41) is 6.18. The Balaban J connectivity index is 1.39. The van der Waals surface area contributed by atoms with Crippen molar-refractivity contribution in [2.75, 3.05) is 37.6 Å². The highest BCUT2D eigenvalue weighted by molar-refractivity contribution is 5.76.